The van der Waals surface area contributed by atoms with Crippen molar-refractivity contribution in [2.24, 2.45) is 0 Å². The average molecular weight is 293 g/mol. The quantitative estimate of drug-likeness (QED) is 0.735. The average Bonchev–Trinajstić information content (AvgIpc) is 2.52. The Labute approximate surface area is 126 Å². The Morgan fingerprint density at radius 3 is 2.18 bits per heavy atom. The lowest BCUT2D eigenvalue weighted by atomic mass is 9.82. The van der Waals surface area contributed by atoms with Gasteiger partial charge < -0.3 is 5.32 Å². The zero-order valence-corrected chi connectivity index (χ0v) is 11.7. The van der Waals surface area contributed by atoms with Crippen molar-refractivity contribution in [1.29, 1.82) is 0 Å². The Hall–Kier alpha value is -3.08. The van der Waals surface area contributed by atoms with E-state index in [1.165, 1.54) is 19.1 Å². The normalized spacial score (nSPS) is 12.4. The van der Waals surface area contributed by atoms with Gasteiger partial charge in [0, 0.05) is 29.2 Å². The summed E-state index contributed by atoms with van der Waals surface area (Å²) in [5.74, 6) is -1.09. The molecule has 0 atom stereocenters. The number of nitrogens with one attached hydrogen (secondary N) is 1. The van der Waals surface area contributed by atoms with Gasteiger partial charge in [0.2, 0.25) is 5.91 Å². The van der Waals surface area contributed by atoms with E-state index >= 15 is 0 Å². The number of rotatable bonds is 2. The van der Waals surface area contributed by atoms with Crippen molar-refractivity contribution < 1.29 is 19.2 Å². The van der Waals surface area contributed by atoms with E-state index in [1.54, 1.807) is 24.3 Å². The Bertz CT molecular complexity index is 852. The standard InChI is InChI=1S/C17H11NO4/c1-9(20)18-15-10(8-19)6-7-13-14(15)17(22)12-5-3-2-4-11(12)16(13)21/h2-8H,1H3,(H,18,20). The van der Waals surface area contributed by atoms with E-state index < -0.39 is 5.91 Å². The fraction of sp³-hybridized carbons (Fsp3) is 0.0588. The highest BCUT2D eigenvalue weighted by Crippen LogP contribution is 2.33. The minimum absolute atomic E-state index is 0.0727. The van der Waals surface area contributed by atoms with Crippen molar-refractivity contribution >= 4 is 29.4 Å². The summed E-state index contributed by atoms with van der Waals surface area (Å²) in [7, 11) is 0. The topological polar surface area (TPSA) is 80.3 Å². The van der Waals surface area contributed by atoms with Gasteiger partial charge in [-0.3, -0.25) is 19.2 Å². The van der Waals surface area contributed by atoms with Gasteiger partial charge in [-0.25, -0.2) is 0 Å². The number of anilines is 1. The summed E-state index contributed by atoms with van der Waals surface area (Å²) in [5.41, 5.74) is 1.12. The fourth-order valence-corrected chi connectivity index (χ4v) is 2.61. The van der Waals surface area contributed by atoms with Crippen LogP contribution in [0.3, 0.4) is 0 Å². The maximum Gasteiger partial charge on any atom is 0.221 e. The van der Waals surface area contributed by atoms with Crippen LogP contribution in [0.5, 0.6) is 0 Å². The van der Waals surface area contributed by atoms with Crippen LogP contribution < -0.4 is 5.32 Å². The van der Waals surface area contributed by atoms with Crippen LogP contribution in [-0.2, 0) is 4.79 Å². The molecule has 0 fully saturated rings. The third-order valence-corrected chi connectivity index (χ3v) is 3.55. The largest absolute Gasteiger partial charge is 0.325 e. The van der Waals surface area contributed by atoms with Crippen molar-refractivity contribution in [3.63, 3.8) is 0 Å². The molecular weight excluding hydrogens is 282 g/mol. The fourth-order valence-electron chi connectivity index (χ4n) is 2.61. The molecule has 2 aromatic rings. The van der Waals surface area contributed by atoms with Crippen molar-refractivity contribution in [3.05, 3.63) is 64.2 Å². The van der Waals surface area contributed by atoms with Gasteiger partial charge in [0.05, 0.1) is 11.3 Å². The summed E-state index contributed by atoms with van der Waals surface area (Å²) in [6.07, 6.45) is 0.545. The summed E-state index contributed by atoms with van der Waals surface area (Å²) in [6.45, 7) is 1.27. The number of ketones is 2. The molecule has 0 heterocycles. The van der Waals surface area contributed by atoms with Crippen LogP contribution in [0.1, 0.15) is 49.1 Å². The smallest absolute Gasteiger partial charge is 0.221 e. The Kier molecular flexibility index (Phi) is 3.18. The van der Waals surface area contributed by atoms with E-state index in [2.05, 4.69) is 5.32 Å². The molecule has 3 rings (SSSR count). The Morgan fingerprint density at radius 2 is 1.59 bits per heavy atom. The van der Waals surface area contributed by atoms with Gasteiger partial charge in [0.15, 0.2) is 17.9 Å². The van der Waals surface area contributed by atoms with Crippen LogP contribution in [0.25, 0.3) is 0 Å². The van der Waals surface area contributed by atoms with Gasteiger partial charge in [-0.15, -0.1) is 0 Å². The SMILES string of the molecule is CC(=O)Nc1c(C=O)ccc2c1C(=O)c1ccccc1C2=O. The number of aldehydes is 1. The second kappa shape index (κ2) is 5.04. The van der Waals surface area contributed by atoms with Gasteiger partial charge in [-0.2, -0.15) is 0 Å². The molecule has 0 unspecified atom stereocenters. The monoisotopic (exact) mass is 293 g/mol. The van der Waals surface area contributed by atoms with Crippen molar-refractivity contribution in [2.75, 3.05) is 5.32 Å². The minimum atomic E-state index is -0.421. The molecule has 5 nitrogen and oxygen atoms in total. The molecule has 22 heavy (non-hydrogen) atoms. The molecule has 0 aromatic heterocycles. The molecule has 5 heteroatoms. The first-order valence-corrected chi connectivity index (χ1v) is 6.62. The van der Waals surface area contributed by atoms with Crippen molar-refractivity contribution in [3.8, 4) is 0 Å². The summed E-state index contributed by atoms with van der Waals surface area (Å²) >= 11 is 0. The van der Waals surface area contributed by atoms with Crippen molar-refractivity contribution in [1.82, 2.24) is 0 Å². The van der Waals surface area contributed by atoms with Gasteiger partial charge in [0.25, 0.3) is 0 Å². The van der Waals surface area contributed by atoms with Crippen molar-refractivity contribution in [2.45, 2.75) is 6.92 Å². The minimum Gasteiger partial charge on any atom is -0.325 e. The molecular formula is C17H11NO4. The second-order valence-electron chi connectivity index (χ2n) is 4.96. The van der Waals surface area contributed by atoms with Crippen LogP contribution >= 0.6 is 0 Å². The molecule has 2 aromatic carbocycles. The first kappa shape index (κ1) is 13.9. The van der Waals surface area contributed by atoms with Crippen LogP contribution in [0.4, 0.5) is 5.69 Å². The van der Waals surface area contributed by atoms with E-state index in [1.807, 2.05) is 0 Å². The Morgan fingerprint density at radius 1 is 0.955 bits per heavy atom. The zero-order chi connectivity index (χ0) is 15.9. The second-order valence-corrected chi connectivity index (χ2v) is 4.96. The molecule has 0 saturated carbocycles. The predicted octanol–water partition coefficient (Wildman–Crippen LogP) is 2.23. The molecule has 0 spiro atoms. The molecule has 0 aliphatic heterocycles. The number of fused-ring (bicyclic) bond motifs is 2. The number of benzene rings is 2. The summed E-state index contributed by atoms with van der Waals surface area (Å²) < 4.78 is 0. The molecule has 0 radical (unpaired) electrons. The summed E-state index contributed by atoms with van der Waals surface area (Å²) in [6, 6.07) is 9.37. The van der Waals surface area contributed by atoms with E-state index in [0.717, 1.165) is 0 Å². The molecule has 1 aliphatic carbocycles. The zero-order valence-electron chi connectivity index (χ0n) is 11.7. The lowest BCUT2D eigenvalue weighted by Gasteiger charge is -2.21. The summed E-state index contributed by atoms with van der Waals surface area (Å²) in [5, 5.41) is 2.49. The molecule has 0 saturated heterocycles. The van der Waals surface area contributed by atoms with Crippen LogP contribution in [-0.4, -0.2) is 23.8 Å². The lowest BCUT2D eigenvalue weighted by molar-refractivity contribution is -0.114. The first-order chi connectivity index (χ1) is 10.5. The number of amides is 1. The summed E-state index contributed by atoms with van der Waals surface area (Å²) in [4.78, 5) is 47.8. The molecule has 1 N–H and O–H groups in total. The molecule has 108 valence electrons. The number of carbonyl (C=O) groups is 4. The van der Waals surface area contributed by atoms with Gasteiger partial charge >= 0.3 is 0 Å². The number of hydrogen-bond acceptors (Lipinski definition) is 4. The first-order valence-electron chi connectivity index (χ1n) is 6.62. The van der Waals surface area contributed by atoms with E-state index in [-0.39, 0.29) is 39.5 Å². The van der Waals surface area contributed by atoms with E-state index in [9.17, 15) is 19.2 Å². The number of carbonyl (C=O) groups excluding carboxylic acids is 4. The van der Waals surface area contributed by atoms with Crippen LogP contribution in [0.15, 0.2) is 36.4 Å². The van der Waals surface area contributed by atoms with Gasteiger partial charge in [-0.1, -0.05) is 24.3 Å². The highest BCUT2D eigenvalue weighted by molar-refractivity contribution is 6.31. The maximum absolute atomic E-state index is 12.7. The molecule has 0 bridgehead atoms. The Balaban J connectivity index is 2.32. The van der Waals surface area contributed by atoms with E-state index in [4.69, 9.17) is 0 Å². The van der Waals surface area contributed by atoms with Gasteiger partial charge in [0.1, 0.15) is 0 Å². The third kappa shape index (κ3) is 1.95. The lowest BCUT2D eigenvalue weighted by Crippen LogP contribution is -2.24. The third-order valence-electron chi connectivity index (χ3n) is 3.55. The van der Waals surface area contributed by atoms with Crippen LogP contribution in [0, 0.1) is 0 Å². The predicted molar refractivity (Wildman–Crippen MR) is 79.4 cm³/mol. The highest BCUT2D eigenvalue weighted by atomic mass is 16.2. The highest BCUT2D eigenvalue weighted by Gasteiger charge is 2.32. The molecule has 1 aliphatic rings. The molecule has 1 amide bonds. The maximum atomic E-state index is 12.7. The van der Waals surface area contributed by atoms with Crippen LogP contribution in [0.2, 0.25) is 0 Å². The van der Waals surface area contributed by atoms with Gasteiger partial charge in [-0.05, 0) is 12.1 Å². The number of hydrogen-bond donors (Lipinski definition) is 1. The van der Waals surface area contributed by atoms with E-state index in [0.29, 0.717) is 11.8 Å².